The van der Waals surface area contributed by atoms with Crippen LogP contribution < -0.4 is 0 Å². The summed E-state index contributed by atoms with van der Waals surface area (Å²) >= 11 is 0. The molecule has 0 saturated heterocycles. The summed E-state index contributed by atoms with van der Waals surface area (Å²) in [6.07, 6.45) is 0. The molecular formula is C14H23NO3S. The lowest BCUT2D eigenvalue weighted by atomic mass is 9.95. The van der Waals surface area contributed by atoms with Crippen molar-refractivity contribution < 1.29 is 13.5 Å². The van der Waals surface area contributed by atoms with Crippen molar-refractivity contribution in [2.45, 2.75) is 39.5 Å². The minimum atomic E-state index is -3.55. The van der Waals surface area contributed by atoms with E-state index in [2.05, 4.69) is 0 Å². The van der Waals surface area contributed by atoms with E-state index < -0.39 is 10.0 Å². The minimum absolute atomic E-state index is 0.104. The topological polar surface area (TPSA) is 57.6 Å². The summed E-state index contributed by atoms with van der Waals surface area (Å²) in [7, 11) is -2.06. The Balaban J connectivity index is 3.61. The van der Waals surface area contributed by atoms with Gasteiger partial charge >= 0.3 is 0 Å². The molecule has 4 nitrogen and oxygen atoms in total. The second-order valence-corrected chi connectivity index (χ2v) is 6.99. The summed E-state index contributed by atoms with van der Waals surface area (Å²) in [6, 6.07) is 0. The first kappa shape index (κ1) is 16.1. The van der Waals surface area contributed by atoms with Crippen molar-refractivity contribution in [3.63, 3.8) is 0 Å². The Labute approximate surface area is 116 Å². The van der Waals surface area contributed by atoms with Gasteiger partial charge in [-0.05, 0) is 62.4 Å². The van der Waals surface area contributed by atoms with Crippen LogP contribution in [0.3, 0.4) is 0 Å². The molecule has 0 aliphatic heterocycles. The monoisotopic (exact) mass is 285 g/mol. The second kappa shape index (κ2) is 5.61. The molecule has 0 aliphatic carbocycles. The molecule has 0 heterocycles. The van der Waals surface area contributed by atoms with Crippen LogP contribution >= 0.6 is 0 Å². The van der Waals surface area contributed by atoms with E-state index in [9.17, 15) is 8.42 Å². The zero-order valence-corrected chi connectivity index (χ0v) is 13.3. The number of aliphatic hydroxyl groups excluding tert-OH is 1. The molecule has 0 unspecified atom stereocenters. The highest BCUT2D eigenvalue weighted by atomic mass is 32.2. The van der Waals surface area contributed by atoms with Gasteiger partial charge in [-0.3, -0.25) is 0 Å². The SMILES string of the molecule is Cc1c(C)c(C)c(S(=O)(=O)N(C)CCO)c(C)c1C. The van der Waals surface area contributed by atoms with E-state index in [0.717, 1.165) is 27.8 Å². The Bertz CT molecular complexity index is 562. The average molecular weight is 285 g/mol. The fourth-order valence-corrected chi connectivity index (χ4v) is 3.98. The number of aliphatic hydroxyl groups is 1. The summed E-state index contributed by atoms with van der Waals surface area (Å²) in [5.74, 6) is 0. The third-order valence-electron chi connectivity index (χ3n) is 4.01. The lowest BCUT2D eigenvalue weighted by molar-refractivity contribution is 0.266. The maximum atomic E-state index is 12.6. The lowest BCUT2D eigenvalue weighted by Crippen LogP contribution is -2.31. The third-order valence-corrected chi connectivity index (χ3v) is 6.15. The normalized spacial score (nSPS) is 12.2. The van der Waals surface area contributed by atoms with Gasteiger partial charge in [0.25, 0.3) is 0 Å². The highest BCUT2D eigenvalue weighted by Gasteiger charge is 2.27. The van der Waals surface area contributed by atoms with Crippen molar-refractivity contribution in [1.82, 2.24) is 4.31 Å². The van der Waals surface area contributed by atoms with Gasteiger partial charge in [-0.15, -0.1) is 0 Å². The lowest BCUT2D eigenvalue weighted by Gasteiger charge is -2.23. The van der Waals surface area contributed by atoms with E-state index in [1.165, 1.54) is 11.4 Å². The Hall–Kier alpha value is -0.910. The summed E-state index contributed by atoms with van der Waals surface area (Å²) in [5, 5.41) is 8.93. The molecule has 1 rings (SSSR count). The first-order valence-electron chi connectivity index (χ1n) is 6.30. The molecule has 0 fully saturated rings. The maximum absolute atomic E-state index is 12.6. The van der Waals surface area contributed by atoms with Crippen molar-refractivity contribution >= 4 is 10.0 Å². The van der Waals surface area contributed by atoms with Crippen LogP contribution in [0.4, 0.5) is 0 Å². The number of sulfonamides is 1. The highest BCUT2D eigenvalue weighted by Crippen LogP contribution is 2.30. The van der Waals surface area contributed by atoms with E-state index >= 15 is 0 Å². The van der Waals surface area contributed by atoms with Crippen molar-refractivity contribution in [3.8, 4) is 0 Å². The largest absolute Gasteiger partial charge is 0.395 e. The molecule has 0 aromatic heterocycles. The van der Waals surface area contributed by atoms with Crippen molar-refractivity contribution in [1.29, 1.82) is 0 Å². The standard InChI is InChI=1S/C14H23NO3S/c1-9-10(2)12(4)14(13(5)11(9)3)19(17,18)15(6)7-8-16/h16H,7-8H2,1-6H3. The predicted molar refractivity (Wildman–Crippen MR) is 77.0 cm³/mol. The molecule has 0 bridgehead atoms. The fourth-order valence-electron chi connectivity index (χ4n) is 2.27. The summed E-state index contributed by atoms with van der Waals surface area (Å²) in [5.41, 5.74) is 4.76. The van der Waals surface area contributed by atoms with Crippen LogP contribution in [0.1, 0.15) is 27.8 Å². The van der Waals surface area contributed by atoms with Crippen LogP contribution in [-0.4, -0.2) is 38.0 Å². The van der Waals surface area contributed by atoms with Gasteiger partial charge in [0.2, 0.25) is 10.0 Å². The summed E-state index contributed by atoms with van der Waals surface area (Å²) in [6.45, 7) is 9.51. The first-order valence-corrected chi connectivity index (χ1v) is 7.74. The van der Waals surface area contributed by atoms with Gasteiger partial charge in [-0.2, -0.15) is 4.31 Å². The van der Waals surface area contributed by atoms with E-state index in [1.54, 1.807) is 0 Å². The zero-order chi connectivity index (χ0) is 15.0. The Morgan fingerprint density at radius 3 is 1.63 bits per heavy atom. The van der Waals surface area contributed by atoms with Crippen LogP contribution in [0.5, 0.6) is 0 Å². The van der Waals surface area contributed by atoms with Gasteiger partial charge < -0.3 is 5.11 Å². The van der Waals surface area contributed by atoms with E-state index in [4.69, 9.17) is 5.11 Å². The number of likely N-dealkylation sites (N-methyl/N-ethyl adjacent to an activating group) is 1. The first-order chi connectivity index (χ1) is 8.66. The van der Waals surface area contributed by atoms with Crippen LogP contribution in [0.15, 0.2) is 4.90 Å². The molecule has 1 aromatic carbocycles. The number of nitrogens with zero attached hydrogens (tertiary/aromatic N) is 1. The Morgan fingerprint density at radius 1 is 0.895 bits per heavy atom. The predicted octanol–water partition coefficient (Wildman–Crippen LogP) is 1.84. The second-order valence-electron chi connectivity index (χ2n) is 5.00. The molecule has 108 valence electrons. The van der Waals surface area contributed by atoms with Crippen LogP contribution in [0, 0.1) is 34.6 Å². The van der Waals surface area contributed by atoms with Crippen molar-refractivity contribution in [2.24, 2.45) is 0 Å². The van der Waals surface area contributed by atoms with Crippen molar-refractivity contribution in [2.75, 3.05) is 20.2 Å². The van der Waals surface area contributed by atoms with Crippen LogP contribution in [0.25, 0.3) is 0 Å². The molecule has 0 saturated carbocycles. The molecule has 0 aliphatic rings. The van der Waals surface area contributed by atoms with Gasteiger partial charge in [0.1, 0.15) is 0 Å². The molecular weight excluding hydrogens is 262 g/mol. The van der Waals surface area contributed by atoms with Gasteiger partial charge in [-0.25, -0.2) is 8.42 Å². The molecule has 0 amide bonds. The Morgan fingerprint density at radius 2 is 1.26 bits per heavy atom. The van der Waals surface area contributed by atoms with E-state index in [-0.39, 0.29) is 13.2 Å². The van der Waals surface area contributed by atoms with Crippen LogP contribution in [-0.2, 0) is 10.0 Å². The molecule has 0 atom stereocenters. The summed E-state index contributed by atoms with van der Waals surface area (Å²) in [4.78, 5) is 0.379. The van der Waals surface area contributed by atoms with Gasteiger partial charge in [0, 0.05) is 13.6 Å². The number of hydrogen-bond acceptors (Lipinski definition) is 3. The average Bonchev–Trinajstić information content (AvgIpc) is 2.34. The fraction of sp³-hybridized carbons (Fsp3) is 0.571. The molecule has 0 radical (unpaired) electrons. The molecule has 1 aromatic rings. The third kappa shape index (κ3) is 2.68. The minimum Gasteiger partial charge on any atom is -0.395 e. The molecule has 0 spiro atoms. The van der Waals surface area contributed by atoms with E-state index in [1.807, 2.05) is 34.6 Å². The van der Waals surface area contributed by atoms with Gasteiger partial charge in [-0.1, -0.05) is 0 Å². The summed E-state index contributed by atoms with van der Waals surface area (Å²) < 4.78 is 26.4. The zero-order valence-electron chi connectivity index (χ0n) is 12.5. The van der Waals surface area contributed by atoms with Gasteiger partial charge in [0.05, 0.1) is 11.5 Å². The number of rotatable bonds is 4. The van der Waals surface area contributed by atoms with Crippen molar-refractivity contribution in [3.05, 3.63) is 27.8 Å². The quantitative estimate of drug-likeness (QED) is 0.918. The number of hydrogen-bond donors (Lipinski definition) is 1. The highest BCUT2D eigenvalue weighted by molar-refractivity contribution is 7.89. The van der Waals surface area contributed by atoms with Gasteiger partial charge in [0.15, 0.2) is 0 Å². The molecule has 5 heteroatoms. The molecule has 19 heavy (non-hydrogen) atoms. The Kier molecular flexibility index (Phi) is 4.76. The number of benzene rings is 1. The van der Waals surface area contributed by atoms with E-state index in [0.29, 0.717) is 4.90 Å². The smallest absolute Gasteiger partial charge is 0.243 e. The molecule has 1 N–H and O–H groups in total. The maximum Gasteiger partial charge on any atom is 0.243 e. The van der Waals surface area contributed by atoms with Crippen LogP contribution in [0.2, 0.25) is 0 Å².